The number of amides is 2. The Bertz CT molecular complexity index is 1200. The molecule has 0 bridgehead atoms. The van der Waals surface area contributed by atoms with Crippen LogP contribution in [0.25, 0.3) is 0 Å². The molecule has 1 aliphatic rings. The van der Waals surface area contributed by atoms with Gasteiger partial charge in [0.25, 0.3) is 11.8 Å². The highest BCUT2D eigenvalue weighted by molar-refractivity contribution is 7.13. The summed E-state index contributed by atoms with van der Waals surface area (Å²) in [5.41, 5.74) is 2.36. The van der Waals surface area contributed by atoms with Gasteiger partial charge in [-0.15, -0.1) is 11.3 Å². The van der Waals surface area contributed by atoms with E-state index in [2.05, 4.69) is 16.1 Å². The largest absolute Gasteiger partial charge is 0.497 e. The SMILES string of the molecule is COc1cccc(C[C@@H](C2CCN(C(=O)c3sc(C)nc3C)CC2)N(C)C(=O)c2ccn(C)n2)c1. The summed E-state index contributed by atoms with van der Waals surface area (Å²) in [7, 11) is 5.33. The van der Waals surface area contributed by atoms with E-state index in [9.17, 15) is 9.59 Å². The third-order valence-corrected chi connectivity index (χ3v) is 7.86. The number of carbonyl (C=O) groups is 2. The number of thiazole rings is 1. The predicted molar refractivity (Wildman–Crippen MR) is 136 cm³/mol. The molecule has 0 saturated carbocycles. The van der Waals surface area contributed by atoms with Crippen LogP contribution in [0.2, 0.25) is 0 Å². The van der Waals surface area contributed by atoms with E-state index in [1.165, 1.54) is 11.3 Å². The van der Waals surface area contributed by atoms with Crippen molar-refractivity contribution < 1.29 is 14.3 Å². The summed E-state index contributed by atoms with van der Waals surface area (Å²) in [6, 6.07) is 9.73. The van der Waals surface area contributed by atoms with Gasteiger partial charge in [-0.2, -0.15) is 5.10 Å². The molecule has 186 valence electrons. The maximum Gasteiger partial charge on any atom is 0.274 e. The van der Waals surface area contributed by atoms with E-state index in [4.69, 9.17) is 4.74 Å². The Labute approximate surface area is 210 Å². The molecule has 1 saturated heterocycles. The minimum absolute atomic E-state index is 0.0266. The highest BCUT2D eigenvalue weighted by atomic mass is 32.1. The van der Waals surface area contributed by atoms with E-state index in [1.54, 1.807) is 24.1 Å². The monoisotopic (exact) mass is 495 g/mol. The fourth-order valence-corrected chi connectivity index (χ4v) is 5.77. The number of hydrogen-bond donors (Lipinski definition) is 0. The number of aryl methyl sites for hydroxylation is 3. The Morgan fingerprint density at radius 2 is 1.97 bits per heavy atom. The number of likely N-dealkylation sites (N-methyl/N-ethyl adjacent to an activating group) is 1. The molecule has 1 aromatic carbocycles. The van der Waals surface area contributed by atoms with Gasteiger partial charge >= 0.3 is 0 Å². The Hall–Kier alpha value is -3.20. The maximum atomic E-state index is 13.3. The molecule has 2 aromatic heterocycles. The van der Waals surface area contributed by atoms with Gasteiger partial charge in [-0.3, -0.25) is 14.3 Å². The standard InChI is InChI=1S/C26H33N5O3S/c1-17-24(35-18(2)27-17)26(33)31-13-9-20(10-14-31)23(16-19-7-6-8-21(15-19)34-5)30(4)25(32)22-11-12-29(3)28-22/h6-8,11-12,15,20,23H,9-10,13-14,16H2,1-5H3/t23-/m0/s1. The zero-order valence-electron chi connectivity index (χ0n) is 21.0. The summed E-state index contributed by atoms with van der Waals surface area (Å²) in [6.45, 7) is 5.16. The smallest absolute Gasteiger partial charge is 0.274 e. The van der Waals surface area contributed by atoms with Crippen molar-refractivity contribution in [3.05, 3.63) is 63.4 Å². The lowest BCUT2D eigenvalue weighted by atomic mass is 9.84. The van der Waals surface area contributed by atoms with Crippen LogP contribution in [-0.4, -0.2) is 69.7 Å². The Morgan fingerprint density at radius 3 is 2.57 bits per heavy atom. The number of hydrogen-bond acceptors (Lipinski definition) is 6. The molecule has 8 nitrogen and oxygen atoms in total. The first-order valence-electron chi connectivity index (χ1n) is 11.9. The van der Waals surface area contributed by atoms with Crippen molar-refractivity contribution >= 4 is 23.2 Å². The first-order chi connectivity index (χ1) is 16.8. The number of ether oxygens (including phenoxy) is 1. The second kappa shape index (κ2) is 10.6. The normalized spacial score (nSPS) is 15.2. The number of benzene rings is 1. The van der Waals surface area contributed by atoms with Crippen molar-refractivity contribution in [3.8, 4) is 5.75 Å². The number of rotatable bonds is 7. The van der Waals surface area contributed by atoms with Gasteiger partial charge in [0.05, 0.1) is 17.8 Å². The third kappa shape index (κ3) is 5.56. The predicted octanol–water partition coefficient (Wildman–Crippen LogP) is 3.74. The lowest BCUT2D eigenvalue weighted by molar-refractivity contribution is 0.0520. The number of carbonyl (C=O) groups excluding carboxylic acids is 2. The second-order valence-corrected chi connectivity index (χ2v) is 10.4. The van der Waals surface area contributed by atoms with Gasteiger partial charge in [0.2, 0.25) is 0 Å². The first kappa shape index (κ1) is 24.9. The summed E-state index contributed by atoms with van der Waals surface area (Å²) in [5.74, 6) is 1.03. The van der Waals surface area contributed by atoms with E-state index < -0.39 is 0 Å². The third-order valence-electron chi connectivity index (χ3n) is 6.80. The first-order valence-corrected chi connectivity index (χ1v) is 12.7. The van der Waals surface area contributed by atoms with Crippen LogP contribution < -0.4 is 4.74 Å². The average molecular weight is 496 g/mol. The van der Waals surface area contributed by atoms with E-state index in [0.717, 1.165) is 39.7 Å². The van der Waals surface area contributed by atoms with Crippen LogP contribution in [-0.2, 0) is 13.5 Å². The second-order valence-electron chi connectivity index (χ2n) is 9.19. The molecule has 0 unspecified atom stereocenters. The summed E-state index contributed by atoms with van der Waals surface area (Å²) in [6.07, 6.45) is 4.15. The van der Waals surface area contributed by atoms with Crippen LogP contribution in [0.5, 0.6) is 5.75 Å². The van der Waals surface area contributed by atoms with Crippen molar-refractivity contribution in [1.82, 2.24) is 24.6 Å². The average Bonchev–Trinajstić information content (AvgIpc) is 3.45. The Morgan fingerprint density at radius 1 is 1.23 bits per heavy atom. The highest BCUT2D eigenvalue weighted by Crippen LogP contribution is 2.30. The number of methoxy groups -OCH3 is 1. The quantitative estimate of drug-likeness (QED) is 0.499. The summed E-state index contributed by atoms with van der Waals surface area (Å²) < 4.78 is 7.06. The van der Waals surface area contributed by atoms with Crippen molar-refractivity contribution in [2.24, 2.45) is 13.0 Å². The van der Waals surface area contributed by atoms with E-state index in [-0.39, 0.29) is 23.8 Å². The fraction of sp³-hybridized carbons (Fsp3) is 0.462. The molecule has 0 N–H and O–H groups in total. The molecule has 1 atom stereocenters. The topological polar surface area (TPSA) is 80.6 Å². The summed E-state index contributed by atoms with van der Waals surface area (Å²) in [4.78, 5) is 35.3. The number of aromatic nitrogens is 3. The van der Waals surface area contributed by atoms with Gasteiger partial charge in [0, 0.05) is 39.4 Å². The van der Waals surface area contributed by atoms with Gasteiger partial charge < -0.3 is 14.5 Å². The zero-order chi connectivity index (χ0) is 25.1. The maximum absolute atomic E-state index is 13.3. The molecule has 3 aromatic rings. The molecule has 0 aliphatic carbocycles. The van der Waals surface area contributed by atoms with Crippen molar-refractivity contribution in [2.45, 2.75) is 39.2 Å². The molecule has 35 heavy (non-hydrogen) atoms. The number of likely N-dealkylation sites (tertiary alicyclic amines) is 1. The molecule has 1 fully saturated rings. The molecule has 2 amide bonds. The van der Waals surface area contributed by atoms with Gasteiger partial charge in [-0.1, -0.05) is 12.1 Å². The molecule has 3 heterocycles. The molecular weight excluding hydrogens is 462 g/mol. The van der Waals surface area contributed by atoms with Crippen molar-refractivity contribution in [3.63, 3.8) is 0 Å². The van der Waals surface area contributed by atoms with E-state index in [0.29, 0.717) is 25.2 Å². The minimum atomic E-state index is -0.0900. The lowest BCUT2D eigenvalue weighted by Crippen LogP contribution is -2.48. The van der Waals surface area contributed by atoms with Crippen LogP contribution in [0.1, 0.15) is 49.3 Å². The van der Waals surface area contributed by atoms with Crippen molar-refractivity contribution in [1.29, 1.82) is 0 Å². The lowest BCUT2D eigenvalue weighted by Gasteiger charge is -2.40. The highest BCUT2D eigenvalue weighted by Gasteiger charge is 2.34. The zero-order valence-corrected chi connectivity index (χ0v) is 21.8. The molecular formula is C26H33N5O3S. The van der Waals surface area contributed by atoms with Crippen LogP contribution in [0, 0.1) is 19.8 Å². The van der Waals surface area contributed by atoms with Gasteiger partial charge in [0.15, 0.2) is 0 Å². The van der Waals surface area contributed by atoms with Crippen LogP contribution in [0.15, 0.2) is 36.5 Å². The molecule has 4 rings (SSSR count). The minimum Gasteiger partial charge on any atom is -0.497 e. The van der Waals surface area contributed by atoms with Crippen LogP contribution >= 0.6 is 11.3 Å². The van der Waals surface area contributed by atoms with E-state index >= 15 is 0 Å². The van der Waals surface area contributed by atoms with Gasteiger partial charge in [-0.05, 0) is 62.8 Å². The Balaban J connectivity index is 1.52. The molecule has 0 spiro atoms. The van der Waals surface area contributed by atoms with Crippen molar-refractivity contribution in [2.75, 3.05) is 27.2 Å². The molecule has 9 heteroatoms. The van der Waals surface area contributed by atoms with Gasteiger partial charge in [-0.25, -0.2) is 4.98 Å². The van der Waals surface area contributed by atoms with Crippen LogP contribution in [0.4, 0.5) is 0 Å². The van der Waals surface area contributed by atoms with Crippen LogP contribution in [0.3, 0.4) is 0 Å². The molecule has 1 aliphatic heterocycles. The Kier molecular flexibility index (Phi) is 7.54. The van der Waals surface area contributed by atoms with Gasteiger partial charge in [0.1, 0.15) is 16.3 Å². The molecule has 0 radical (unpaired) electrons. The fourth-order valence-electron chi connectivity index (χ4n) is 4.88. The summed E-state index contributed by atoms with van der Waals surface area (Å²) >= 11 is 1.46. The van der Waals surface area contributed by atoms with E-state index in [1.807, 2.05) is 55.9 Å². The number of nitrogens with zero attached hydrogens (tertiary/aromatic N) is 5. The number of piperidine rings is 1. The summed E-state index contributed by atoms with van der Waals surface area (Å²) in [5, 5.41) is 5.23.